The van der Waals surface area contributed by atoms with E-state index < -0.39 is 51.1 Å². The number of benzene rings is 1. The van der Waals surface area contributed by atoms with Gasteiger partial charge < -0.3 is 9.47 Å². The molecule has 3 nitrogen and oxygen atoms in total. The highest BCUT2D eigenvalue weighted by molar-refractivity contribution is 9.26. The van der Waals surface area contributed by atoms with Gasteiger partial charge in [-0.15, -0.1) is 0 Å². The summed E-state index contributed by atoms with van der Waals surface area (Å²) < 4.78 is 80.2. The fourth-order valence-electron chi connectivity index (χ4n) is 1.38. The van der Waals surface area contributed by atoms with Crippen LogP contribution in [0.5, 0.6) is 11.5 Å². The molecule has 0 saturated carbocycles. The van der Waals surface area contributed by atoms with E-state index in [-0.39, 0.29) is 0 Å². The lowest BCUT2D eigenvalue weighted by molar-refractivity contribution is -0.154. The van der Waals surface area contributed by atoms with E-state index in [0.29, 0.717) is 0 Å². The lowest BCUT2D eigenvalue weighted by Gasteiger charge is -2.17. The van der Waals surface area contributed by atoms with Crippen LogP contribution < -0.4 is 9.47 Å². The van der Waals surface area contributed by atoms with Crippen molar-refractivity contribution < 1.29 is 40.6 Å². The van der Waals surface area contributed by atoms with Crippen molar-refractivity contribution in [2.24, 2.45) is 0 Å². The highest BCUT2D eigenvalue weighted by Gasteiger charge is 2.35. The second kappa shape index (κ2) is 7.69. The van der Waals surface area contributed by atoms with Crippen LogP contribution in [-0.2, 0) is 0 Å². The Hall–Kier alpha value is -0.680. The van der Waals surface area contributed by atoms with E-state index in [0.717, 1.165) is 18.2 Å². The Morgan fingerprint density at radius 3 is 1.96 bits per heavy atom. The molecule has 0 atom stereocenters. The van der Waals surface area contributed by atoms with Crippen molar-refractivity contribution in [2.75, 3.05) is 13.2 Å². The number of Topliss-reactive ketones (excluding diaryl/α,β-unsaturated/α-hetero) is 1. The summed E-state index contributed by atoms with van der Waals surface area (Å²) in [7, 11) is 0. The predicted octanol–water partition coefficient (Wildman–Crippen LogP) is 5.43. The van der Waals surface area contributed by atoms with Gasteiger partial charge in [-0.3, -0.25) is 4.79 Å². The molecule has 0 N–H and O–H groups in total. The van der Waals surface area contributed by atoms with Gasteiger partial charge in [-0.25, -0.2) is 0 Å². The third kappa shape index (κ3) is 7.47. The van der Waals surface area contributed by atoms with Crippen LogP contribution in [0, 0.1) is 0 Å². The van der Waals surface area contributed by atoms with Gasteiger partial charge in [-0.1, -0.05) is 11.6 Å². The molecule has 12 heteroatoms. The summed E-state index contributed by atoms with van der Waals surface area (Å²) in [5.41, 5.74) is -0.498. The third-order valence-corrected chi connectivity index (χ3v) is 3.14. The van der Waals surface area contributed by atoms with Gasteiger partial charge in [0.25, 0.3) is 0 Å². The largest absolute Gasteiger partial charge is 0.484 e. The lowest BCUT2D eigenvalue weighted by atomic mass is 10.1. The molecule has 0 aliphatic heterocycles. The molecule has 0 saturated heterocycles. The zero-order chi connectivity index (χ0) is 18.8. The molecule has 136 valence electrons. The molecule has 0 heterocycles. The normalized spacial score (nSPS) is 12.9. The van der Waals surface area contributed by atoms with Crippen molar-refractivity contribution in [3.05, 3.63) is 23.8 Å². The van der Waals surface area contributed by atoms with Crippen LogP contribution in [0.2, 0.25) is 0 Å². The van der Waals surface area contributed by atoms with Crippen molar-refractivity contribution in [1.29, 1.82) is 0 Å². The predicted molar refractivity (Wildman–Crippen MR) is 80.3 cm³/mol. The van der Waals surface area contributed by atoms with Gasteiger partial charge in [0, 0.05) is 0 Å². The van der Waals surface area contributed by atoms with Crippen LogP contribution in [0.15, 0.2) is 18.2 Å². The molecule has 0 unspecified atom stereocenters. The summed E-state index contributed by atoms with van der Waals surface area (Å²) in [6, 6.07) is 2.62. The first kappa shape index (κ1) is 21.4. The maximum atomic E-state index is 12.2. The summed E-state index contributed by atoms with van der Waals surface area (Å²) >= 11 is 11.1. The first-order chi connectivity index (χ1) is 10.7. The molecule has 24 heavy (non-hydrogen) atoms. The number of alkyl halides is 9. The second-order valence-electron chi connectivity index (χ2n) is 4.29. The number of rotatable bonds is 6. The van der Waals surface area contributed by atoms with E-state index in [2.05, 4.69) is 41.3 Å². The monoisotopic (exact) mass is 506 g/mol. The Morgan fingerprint density at radius 2 is 1.50 bits per heavy atom. The molecule has 1 aromatic rings. The van der Waals surface area contributed by atoms with Gasteiger partial charge >= 0.3 is 12.4 Å². The highest BCUT2D eigenvalue weighted by atomic mass is 79.9. The summed E-state index contributed by atoms with van der Waals surface area (Å²) in [6.45, 7) is -3.34. The average Bonchev–Trinajstić information content (AvgIpc) is 2.39. The minimum absolute atomic E-state index is 0.393. The number of carbonyl (C=O) groups excluding carboxylic acids is 1. The highest BCUT2D eigenvalue weighted by Crippen LogP contribution is 2.38. The van der Waals surface area contributed by atoms with Gasteiger partial charge in [-0.05, 0) is 50.1 Å². The van der Waals surface area contributed by atoms with Gasteiger partial charge in [0.05, 0.1) is 5.56 Å². The van der Waals surface area contributed by atoms with Crippen LogP contribution >= 0.6 is 43.5 Å². The van der Waals surface area contributed by atoms with Gasteiger partial charge in [-0.2, -0.15) is 26.3 Å². The van der Waals surface area contributed by atoms with Gasteiger partial charge in [0.2, 0.25) is 8.48 Å². The number of ether oxygens (including phenoxy) is 2. The van der Waals surface area contributed by atoms with E-state index in [1.807, 2.05) is 0 Å². The molecule has 0 spiro atoms. The van der Waals surface area contributed by atoms with Crippen molar-refractivity contribution in [3.8, 4) is 11.5 Å². The molecule has 0 bridgehead atoms. The molecule has 0 radical (unpaired) electrons. The first-order valence-corrected chi connectivity index (χ1v) is 7.80. The molecular formula is C12H7Br2ClF6O3. The Kier molecular flexibility index (Phi) is 6.85. The molecule has 0 aliphatic rings. The Morgan fingerprint density at radius 1 is 1.00 bits per heavy atom. The van der Waals surface area contributed by atoms with E-state index in [1.165, 1.54) is 0 Å². The fourth-order valence-corrected chi connectivity index (χ4v) is 1.91. The van der Waals surface area contributed by atoms with Crippen molar-refractivity contribution >= 4 is 49.2 Å². The van der Waals surface area contributed by atoms with Crippen molar-refractivity contribution in [2.45, 2.75) is 15.0 Å². The average molecular weight is 508 g/mol. The number of ketones is 1. The van der Waals surface area contributed by atoms with Crippen LogP contribution in [0.3, 0.4) is 0 Å². The quantitative estimate of drug-likeness (QED) is 0.292. The second-order valence-corrected chi connectivity index (χ2v) is 9.22. The fraction of sp³-hybridized carbons (Fsp3) is 0.417. The van der Waals surface area contributed by atoms with Crippen LogP contribution in [-0.4, -0.2) is 34.0 Å². The van der Waals surface area contributed by atoms with Gasteiger partial charge in [0.1, 0.15) is 11.5 Å². The molecule has 0 fully saturated rings. The standard InChI is InChI=1S/C12H7Br2ClF6O3/c13-12(14,15)9(22)7-3-6(23-4-10(16,17)18)1-2-8(7)24-5-11(19,20)21/h1-3H,4-5H2. The number of hydrogen-bond donors (Lipinski definition) is 0. The van der Waals surface area contributed by atoms with Crippen LogP contribution in [0.25, 0.3) is 0 Å². The van der Waals surface area contributed by atoms with Crippen molar-refractivity contribution in [3.63, 3.8) is 0 Å². The first-order valence-electron chi connectivity index (χ1n) is 5.84. The molecule has 0 aromatic heterocycles. The molecular weight excluding hydrogens is 501 g/mol. The zero-order valence-corrected chi connectivity index (χ0v) is 15.2. The Balaban J connectivity index is 3.12. The number of hydrogen-bond acceptors (Lipinski definition) is 3. The summed E-state index contributed by atoms with van der Waals surface area (Å²) in [5.74, 6) is -1.89. The Bertz CT molecular complexity index is 598. The smallest absolute Gasteiger partial charge is 0.422 e. The summed E-state index contributed by atoms with van der Waals surface area (Å²) in [5, 5.41) is 0. The topological polar surface area (TPSA) is 35.5 Å². The van der Waals surface area contributed by atoms with Crippen LogP contribution in [0.1, 0.15) is 10.4 Å². The Labute approximate surface area is 153 Å². The van der Waals surface area contributed by atoms with Crippen molar-refractivity contribution in [1.82, 2.24) is 0 Å². The summed E-state index contributed by atoms with van der Waals surface area (Å²) in [4.78, 5) is 12.1. The van der Waals surface area contributed by atoms with E-state index in [4.69, 9.17) is 11.6 Å². The third-order valence-electron chi connectivity index (χ3n) is 2.25. The molecule has 1 rings (SSSR count). The lowest BCUT2D eigenvalue weighted by Crippen LogP contribution is -2.23. The van der Waals surface area contributed by atoms with Crippen LogP contribution in [0.4, 0.5) is 26.3 Å². The maximum absolute atomic E-state index is 12.2. The summed E-state index contributed by atoms with van der Waals surface area (Å²) in [6.07, 6.45) is -9.30. The van der Waals surface area contributed by atoms with E-state index in [1.54, 1.807) is 0 Å². The molecule has 0 aliphatic carbocycles. The minimum atomic E-state index is -4.67. The van der Waals surface area contributed by atoms with Gasteiger partial charge in [0.15, 0.2) is 13.2 Å². The van der Waals surface area contributed by atoms with E-state index >= 15 is 0 Å². The number of carbonyl (C=O) groups is 1. The zero-order valence-electron chi connectivity index (χ0n) is 11.3. The minimum Gasteiger partial charge on any atom is -0.484 e. The number of halogens is 9. The molecule has 1 aromatic carbocycles. The SMILES string of the molecule is O=C(c1cc(OCC(F)(F)F)ccc1OCC(F)(F)F)C(Cl)(Br)Br. The molecule has 0 amide bonds. The maximum Gasteiger partial charge on any atom is 0.422 e. The van der Waals surface area contributed by atoms with E-state index in [9.17, 15) is 31.1 Å².